The van der Waals surface area contributed by atoms with E-state index < -0.39 is 19.9 Å². The van der Waals surface area contributed by atoms with Gasteiger partial charge in [-0.15, -0.1) is 0 Å². The highest BCUT2D eigenvalue weighted by Gasteiger charge is 2.45. The Morgan fingerprint density at radius 2 is 1.41 bits per heavy atom. The van der Waals surface area contributed by atoms with Crippen LogP contribution in [0.1, 0.15) is 73.6 Å². The van der Waals surface area contributed by atoms with Crippen LogP contribution in [0.15, 0.2) is 18.3 Å². The smallest absolute Gasteiger partial charge is 0.0457 e. The van der Waals surface area contributed by atoms with E-state index in [-0.39, 0.29) is 5.41 Å². The third kappa shape index (κ3) is 4.04. The van der Waals surface area contributed by atoms with E-state index in [9.17, 15) is 0 Å². The zero-order valence-corrected chi connectivity index (χ0v) is 16.3. The quantitative estimate of drug-likeness (QED) is 0.536. The molecule has 0 saturated carbocycles. The second-order valence-electron chi connectivity index (χ2n) is 8.67. The predicted molar refractivity (Wildman–Crippen MR) is 98.0 cm³/mol. The fourth-order valence-electron chi connectivity index (χ4n) is 2.27. The van der Waals surface area contributed by atoms with Crippen LogP contribution in [0.3, 0.4) is 0 Å². The summed E-state index contributed by atoms with van der Waals surface area (Å²) in [4.78, 5) is 4.46. The molecule has 1 aromatic heterocycles. The molecule has 0 N–H and O–H groups in total. The van der Waals surface area contributed by atoms with Crippen LogP contribution in [0.5, 0.6) is 0 Å². The minimum atomic E-state index is -2.60. The van der Waals surface area contributed by atoms with E-state index in [1.54, 1.807) is 6.20 Å². The maximum Gasteiger partial charge on any atom is 0.0457 e. The molecule has 0 bridgehead atoms. The van der Waals surface area contributed by atoms with E-state index in [0.29, 0.717) is 0 Å². The maximum atomic E-state index is 15.6. The highest BCUT2D eigenvalue weighted by atomic mass is 32.3. The molecule has 0 spiro atoms. The standard InChI is InChI=1S/C19H30FNS/c1-17(2,3)16-11-10-15(14-21-16)12-13-22(20,18(4,5)6)19(7,8)9/h10-11,14H,1-9H3. The van der Waals surface area contributed by atoms with Gasteiger partial charge < -0.3 is 0 Å². The summed E-state index contributed by atoms with van der Waals surface area (Å²) in [6, 6.07) is 3.92. The highest BCUT2D eigenvalue weighted by Crippen LogP contribution is 2.68. The lowest BCUT2D eigenvalue weighted by molar-refractivity contribution is 0.569. The summed E-state index contributed by atoms with van der Waals surface area (Å²) in [6.07, 6.45) is 1.75. The number of pyridine rings is 1. The van der Waals surface area contributed by atoms with E-state index in [2.05, 4.69) is 36.9 Å². The van der Waals surface area contributed by atoms with Gasteiger partial charge in [0.15, 0.2) is 0 Å². The molecular formula is C19H30FNS. The molecule has 22 heavy (non-hydrogen) atoms. The second-order valence-corrected chi connectivity index (χ2v) is 12.4. The molecule has 3 heteroatoms. The predicted octanol–water partition coefficient (Wildman–Crippen LogP) is 5.97. The average Bonchev–Trinajstić information content (AvgIpc) is 2.32. The zero-order valence-electron chi connectivity index (χ0n) is 15.5. The Kier molecular flexibility index (Phi) is 5.10. The van der Waals surface area contributed by atoms with Crippen molar-refractivity contribution in [1.29, 1.82) is 0 Å². The van der Waals surface area contributed by atoms with Crippen LogP contribution in [-0.2, 0) is 5.41 Å². The van der Waals surface area contributed by atoms with Gasteiger partial charge in [-0.05, 0) is 69.3 Å². The number of aromatic nitrogens is 1. The second kappa shape index (κ2) is 5.89. The third-order valence-electron chi connectivity index (χ3n) is 3.56. The van der Waals surface area contributed by atoms with Crippen molar-refractivity contribution in [2.45, 2.75) is 77.2 Å². The molecule has 0 aliphatic heterocycles. The Morgan fingerprint density at radius 1 is 0.909 bits per heavy atom. The Morgan fingerprint density at radius 3 is 1.73 bits per heavy atom. The molecule has 0 aliphatic rings. The van der Waals surface area contributed by atoms with Gasteiger partial charge >= 0.3 is 0 Å². The Labute approximate surface area is 137 Å². The third-order valence-corrected chi connectivity index (χ3v) is 7.31. The van der Waals surface area contributed by atoms with Gasteiger partial charge in [-0.3, -0.25) is 4.98 Å². The van der Waals surface area contributed by atoms with Crippen LogP contribution in [0.4, 0.5) is 3.89 Å². The van der Waals surface area contributed by atoms with Gasteiger partial charge in [0.2, 0.25) is 0 Å². The molecule has 1 rings (SSSR count). The Hall–Kier alpha value is -1.01. The first-order chi connectivity index (χ1) is 9.68. The highest BCUT2D eigenvalue weighted by molar-refractivity contribution is 8.35. The summed E-state index contributed by atoms with van der Waals surface area (Å²) in [6.45, 7) is 18.0. The molecule has 0 unspecified atom stereocenters. The Balaban J connectivity index is 3.21. The summed E-state index contributed by atoms with van der Waals surface area (Å²) in [7, 11) is -2.60. The van der Waals surface area contributed by atoms with E-state index in [1.165, 1.54) is 0 Å². The van der Waals surface area contributed by atoms with Crippen molar-refractivity contribution in [3.05, 3.63) is 29.6 Å². The zero-order chi connectivity index (χ0) is 17.4. The fourth-order valence-corrected chi connectivity index (χ4v) is 4.97. The summed E-state index contributed by atoms with van der Waals surface area (Å²) < 4.78 is 14.7. The number of halogens is 1. The van der Waals surface area contributed by atoms with Crippen molar-refractivity contribution >= 4 is 10.4 Å². The molecule has 0 fully saturated rings. The van der Waals surface area contributed by atoms with E-state index in [4.69, 9.17) is 0 Å². The molecule has 1 heterocycles. The van der Waals surface area contributed by atoms with Crippen molar-refractivity contribution in [2.24, 2.45) is 0 Å². The molecule has 0 aromatic carbocycles. The van der Waals surface area contributed by atoms with Crippen molar-refractivity contribution in [1.82, 2.24) is 4.98 Å². The van der Waals surface area contributed by atoms with Crippen molar-refractivity contribution in [3.8, 4) is 11.2 Å². The van der Waals surface area contributed by atoms with Gasteiger partial charge in [0.05, 0.1) is 0 Å². The van der Waals surface area contributed by atoms with E-state index in [0.717, 1.165) is 11.3 Å². The first-order valence-electron chi connectivity index (χ1n) is 7.70. The largest absolute Gasteiger partial charge is 0.259 e. The van der Waals surface area contributed by atoms with Crippen LogP contribution < -0.4 is 0 Å². The summed E-state index contributed by atoms with van der Waals surface area (Å²) in [5.41, 5.74) is 1.80. The topological polar surface area (TPSA) is 12.9 Å². The molecule has 0 radical (unpaired) electrons. The maximum absolute atomic E-state index is 15.6. The number of hydrogen-bond donors (Lipinski definition) is 0. The van der Waals surface area contributed by atoms with Crippen molar-refractivity contribution < 1.29 is 3.89 Å². The molecular weight excluding hydrogens is 293 g/mol. The van der Waals surface area contributed by atoms with Gasteiger partial charge in [-0.2, -0.15) is 3.89 Å². The van der Waals surface area contributed by atoms with Crippen LogP contribution in [0, 0.1) is 11.2 Å². The number of hydrogen-bond acceptors (Lipinski definition) is 1. The molecule has 0 amide bonds. The fraction of sp³-hybridized carbons (Fsp3) is 0.632. The van der Waals surface area contributed by atoms with Crippen LogP contribution in [-0.4, -0.2) is 14.5 Å². The van der Waals surface area contributed by atoms with Crippen molar-refractivity contribution in [2.75, 3.05) is 0 Å². The summed E-state index contributed by atoms with van der Waals surface area (Å²) in [5.74, 6) is 3.03. The molecule has 1 nitrogen and oxygen atoms in total. The first-order valence-corrected chi connectivity index (χ1v) is 9.23. The molecule has 124 valence electrons. The lowest BCUT2D eigenvalue weighted by Gasteiger charge is -2.47. The van der Waals surface area contributed by atoms with Gasteiger partial charge in [-0.25, -0.2) is 0 Å². The molecule has 0 saturated heterocycles. The van der Waals surface area contributed by atoms with Gasteiger partial charge in [-0.1, -0.05) is 26.7 Å². The van der Waals surface area contributed by atoms with Gasteiger partial charge in [0.25, 0.3) is 0 Å². The minimum absolute atomic E-state index is 0.0118. The minimum Gasteiger partial charge on any atom is -0.259 e. The SMILES string of the molecule is CC(C)(C)c1ccc(C#CS(F)(C(C)(C)C)C(C)(C)C)cn1. The average molecular weight is 324 g/mol. The first kappa shape index (κ1) is 19.0. The van der Waals surface area contributed by atoms with Crippen LogP contribution in [0.2, 0.25) is 0 Å². The number of nitrogens with zero attached hydrogens (tertiary/aromatic N) is 1. The molecule has 0 atom stereocenters. The van der Waals surface area contributed by atoms with Gasteiger partial charge in [0, 0.05) is 32.4 Å². The van der Waals surface area contributed by atoms with Crippen LogP contribution in [0.25, 0.3) is 0 Å². The summed E-state index contributed by atoms with van der Waals surface area (Å²) in [5, 5.41) is 2.98. The van der Waals surface area contributed by atoms with E-state index in [1.807, 2.05) is 53.7 Å². The lowest BCUT2D eigenvalue weighted by atomic mass is 9.91. The number of rotatable bonds is 0. The van der Waals surface area contributed by atoms with Crippen LogP contribution >= 0.6 is 10.4 Å². The Bertz CT molecular complexity index is 558. The lowest BCUT2D eigenvalue weighted by Crippen LogP contribution is -2.34. The normalized spacial score (nSPS) is 14.3. The molecule has 0 aliphatic carbocycles. The molecule has 1 aromatic rings. The summed E-state index contributed by atoms with van der Waals surface area (Å²) >= 11 is 0. The van der Waals surface area contributed by atoms with Gasteiger partial charge in [0.1, 0.15) is 0 Å². The monoisotopic (exact) mass is 323 g/mol. The van der Waals surface area contributed by atoms with E-state index >= 15 is 3.89 Å². The van der Waals surface area contributed by atoms with Crippen molar-refractivity contribution in [3.63, 3.8) is 0 Å².